The topological polar surface area (TPSA) is 29.3 Å². The Bertz CT molecular complexity index is 430. The highest BCUT2D eigenvalue weighted by Gasteiger charge is 2.26. The molecule has 0 aromatic heterocycles. The Labute approximate surface area is 121 Å². The highest BCUT2D eigenvalue weighted by molar-refractivity contribution is 6.30. The van der Waals surface area contributed by atoms with Gasteiger partial charge in [0.25, 0.3) is 0 Å². The van der Waals surface area contributed by atoms with E-state index in [-0.39, 0.29) is 6.04 Å². The number of hydrogen-bond donors (Lipinski definition) is 1. The summed E-state index contributed by atoms with van der Waals surface area (Å²) in [4.78, 5) is 2.49. The molecule has 1 atom stereocenters. The summed E-state index contributed by atoms with van der Waals surface area (Å²) in [6.07, 6.45) is 3.37. The molecule has 0 spiro atoms. The third-order valence-electron chi connectivity index (χ3n) is 4.04. The Balaban J connectivity index is 2.20. The Kier molecular flexibility index (Phi) is 4.42. The minimum atomic E-state index is 0.165. The standard InChI is InChI=1S/C16H25ClN2/c1-12(18)10-13-11-14(17)4-5-15(13)19-8-6-16(2,3)7-9-19/h4-5,11-12H,6-10,18H2,1-3H3. The van der Waals surface area contributed by atoms with Gasteiger partial charge in [0, 0.05) is 29.8 Å². The Morgan fingerprint density at radius 3 is 2.53 bits per heavy atom. The number of halogens is 1. The summed E-state index contributed by atoms with van der Waals surface area (Å²) < 4.78 is 0. The van der Waals surface area contributed by atoms with E-state index in [1.165, 1.54) is 24.1 Å². The molecule has 1 fully saturated rings. The van der Waals surface area contributed by atoms with Gasteiger partial charge >= 0.3 is 0 Å². The van der Waals surface area contributed by atoms with E-state index in [1.807, 2.05) is 13.0 Å². The number of anilines is 1. The molecule has 0 bridgehead atoms. The van der Waals surface area contributed by atoms with Crippen LogP contribution in [-0.4, -0.2) is 19.1 Å². The first-order chi connectivity index (χ1) is 8.87. The zero-order chi connectivity index (χ0) is 14.0. The fourth-order valence-electron chi connectivity index (χ4n) is 2.73. The fraction of sp³-hybridized carbons (Fsp3) is 0.625. The van der Waals surface area contributed by atoms with Crippen LogP contribution in [0.2, 0.25) is 5.02 Å². The molecule has 0 amide bonds. The fourth-order valence-corrected chi connectivity index (χ4v) is 2.92. The molecule has 2 N–H and O–H groups in total. The molecule has 3 heteroatoms. The van der Waals surface area contributed by atoms with Crippen molar-refractivity contribution in [2.24, 2.45) is 11.1 Å². The highest BCUT2D eigenvalue weighted by atomic mass is 35.5. The number of benzene rings is 1. The summed E-state index contributed by atoms with van der Waals surface area (Å²) in [6.45, 7) is 9.01. The molecular weight excluding hydrogens is 256 g/mol. The monoisotopic (exact) mass is 280 g/mol. The number of hydrogen-bond acceptors (Lipinski definition) is 2. The Morgan fingerprint density at radius 1 is 1.32 bits per heavy atom. The molecule has 106 valence electrons. The average molecular weight is 281 g/mol. The van der Waals surface area contributed by atoms with E-state index >= 15 is 0 Å². The van der Waals surface area contributed by atoms with Crippen LogP contribution in [-0.2, 0) is 6.42 Å². The number of rotatable bonds is 3. The van der Waals surface area contributed by atoms with Crippen LogP contribution in [0.3, 0.4) is 0 Å². The van der Waals surface area contributed by atoms with Gasteiger partial charge in [0.1, 0.15) is 0 Å². The molecule has 0 radical (unpaired) electrons. The van der Waals surface area contributed by atoms with Crippen LogP contribution in [0.4, 0.5) is 5.69 Å². The lowest BCUT2D eigenvalue weighted by atomic mass is 9.82. The van der Waals surface area contributed by atoms with Crippen molar-refractivity contribution < 1.29 is 0 Å². The molecule has 2 rings (SSSR count). The molecule has 1 aliphatic heterocycles. The van der Waals surface area contributed by atoms with Crippen LogP contribution in [0, 0.1) is 5.41 Å². The maximum atomic E-state index is 6.13. The summed E-state index contributed by atoms with van der Waals surface area (Å²) in [6, 6.07) is 6.37. The van der Waals surface area contributed by atoms with Crippen molar-refractivity contribution >= 4 is 17.3 Å². The van der Waals surface area contributed by atoms with E-state index < -0.39 is 0 Å². The minimum absolute atomic E-state index is 0.165. The second-order valence-electron chi connectivity index (χ2n) is 6.61. The van der Waals surface area contributed by atoms with Gasteiger partial charge in [-0.15, -0.1) is 0 Å². The molecule has 2 nitrogen and oxygen atoms in total. The summed E-state index contributed by atoms with van der Waals surface area (Å²) in [5, 5.41) is 0.803. The minimum Gasteiger partial charge on any atom is -0.371 e. The van der Waals surface area contributed by atoms with Gasteiger partial charge in [-0.05, 0) is 55.4 Å². The van der Waals surface area contributed by atoms with Gasteiger partial charge < -0.3 is 10.6 Å². The predicted molar refractivity (Wildman–Crippen MR) is 84.0 cm³/mol. The van der Waals surface area contributed by atoms with Gasteiger partial charge in [0.05, 0.1) is 0 Å². The van der Waals surface area contributed by atoms with E-state index in [0.717, 1.165) is 24.5 Å². The van der Waals surface area contributed by atoms with E-state index in [1.54, 1.807) is 0 Å². The van der Waals surface area contributed by atoms with Gasteiger partial charge in [-0.1, -0.05) is 25.4 Å². The molecule has 1 heterocycles. The number of nitrogens with two attached hydrogens (primary N) is 1. The molecule has 0 saturated carbocycles. The first-order valence-corrected chi connectivity index (χ1v) is 7.54. The van der Waals surface area contributed by atoms with Crippen molar-refractivity contribution in [3.8, 4) is 0 Å². The van der Waals surface area contributed by atoms with E-state index in [4.69, 9.17) is 17.3 Å². The normalized spacial score (nSPS) is 20.4. The quantitative estimate of drug-likeness (QED) is 0.911. The van der Waals surface area contributed by atoms with Gasteiger partial charge in [0.15, 0.2) is 0 Å². The summed E-state index contributed by atoms with van der Waals surface area (Å²) >= 11 is 6.13. The Hall–Kier alpha value is -0.730. The average Bonchev–Trinajstić information content (AvgIpc) is 2.29. The third kappa shape index (κ3) is 3.87. The lowest BCUT2D eigenvalue weighted by Gasteiger charge is -2.39. The second-order valence-corrected chi connectivity index (χ2v) is 7.04. The smallest absolute Gasteiger partial charge is 0.0410 e. The number of nitrogens with zero attached hydrogens (tertiary/aromatic N) is 1. The molecule has 1 aromatic carbocycles. The molecule has 1 aromatic rings. The SMILES string of the molecule is CC(N)Cc1cc(Cl)ccc1N1CCC(C)(C)CC1. The Morgan fingerprint density at radius 2 is 1.95 bits per heavy atom. The highest BCUT2D eigenvalue weighted by Crippen LogP contribution is 2.34. The van der Waals surface area contributed by atoms with E-state index in [9.17, 15) is 0 Å². The largest absolute Gasteiger partial charge is 0.371 e. The molecule has 0 aliphatic carbocycles. The molecule has 19 heavy (non-hydrogen) atoms. The van der Waals surface area contributed by atoms with Crippen molar-refractivity contribution in [1.82, 2.24) is 0 Å². The van der Waals surface area contributed by atoms with Gasteiger partial charge in [0.2, 0.25) is 0 Å². The third-order valence-corrected chi connectivity index (χ3v) is 4.28. The lowest BCUT2D eigenvalue weighted by molar-refractivity contribution is 0.279. The predicted octanol–water partition coefficient (Wildman–Crippen LogP) is 3.86. The van der Waals surface area contributed by atoms with Crippen LogP contribution >= 0.6 is 11.6 Å². The summed E-state index contributed by atoms with van der Waals surface area (Å²) in [5.74, 6) is 0. The summed E-state index contributed by atoms with van der Waals surface area (Å²) in [5.41, 5.74) is 9.03. The van der Waals surface area contributed by atoms with Gasteiger partial charge in [-0.3, -0.25) is 0 Å². The zero-order valence-corrected chi connectivity index (χ0v) is 13.0. The van der Waals surface area contributed by atoms with E-state index in [2.05, 4.69) is 30.9 Å². The van der Waals surface area contributed by atoms with Crippen LogP contribution in [0.25, 0.3) is 0 Å². The molecular formula is C16H25ClN2. The van der Waals surface area contributed by atoms with Crippen molar-refractivity contribution in [2.45, 2.75) is 46.1 Å². The molecule has 1 unspecified atom stereocenters. The van der Waals surface area contributed by atoms with Crippen molar-refractivity contribution in [3.05, 3.63) is 28.8 Å². The van der Waals surface area contributed by atoms with Crippen molar-refractivity contribution in [2.75, 3.05) is 18.0 Å². The number of piperidine rings is 1. The maximum absolute atomic E-state index is 6.13. The van der Waals surface area contributed by atoms with Crippen LogP contribution in [0.1, 0.15) is 39.2 Å². The molecule has 1 aliphatic rings. The van der Waals surface area contributed by atoms with E-state index in [0.29, 0.717) is 5.41 Å². The zero-order valence-electron chi connectivity index (χ0n) is 12.2. The molecule has 1 saturated heterocycles. The lowest BCUT2D eigenvalue weighted by Crippen LogP contribution is -2.38. The van der Waals surface area contributed by atoms with Crippen molar-refractivity contribution in [3.63, 3.8) is 0 Å². The first kappa shape index (κ1) is 14.7. The summed E-state index contributed by atoms with van der Waals surface area (Å²) in [7, 11) is 0. The maximum Gasteiger partial charge on any atom is 0.0410 e. The van der Waals surface area contributed by atoms with Crippen molar-refractivity contribution in [1.29, 1.82) is 0 Å². The second kappa shape index (κ2) is 5.72. The van der Waals surface area contributed by atoms with Gasteiger partial charge in [-0.25, -0.2) is 0 Å². The first-order valence-electron chi connectivity index (χ1n) is 7.16. The van der Waals surface area contributed by atoms with Crippen LogP contribution in [0.15, 0.2) is 18.2 Å². The van der Waals surface area contributed by atoms with Gasteiger partial charge in [-0.2, -0.15) is 0 Å². The van der Waals surface area contributed by atoms with Crippen LogP contribution < -0.4 is 10.6 Å². The van der Waals surface area contributed by atoms with Crippen LogP contribution in [0.5, 0.6) is 0 Å².